The molecular formula is C44H89BrN2O2. The fraction of sp³-hybridized carbons (Fsp3) is 0.909. The molecule has 5 heteroatoms. The van der Waals surface area contributed by atoms with Crippen LogP contribution in [0.3, 0.4) is 0 Å². The molecule has 294 valence electrons. The molecule has 0 radical (unpaired) electrons. The van der Waals surface area contributed by atoms with Crippen molar-refractivity contribution < 1.29 is 9.47 Å². The Hall–Kier alpha value is -0.200. The first-order valence-corrected chi connectivity index (χ1v) is 21.6. The number of halogens is 1. The minimum absolute atomic E-state index is 0. The highest BCUT2D eigenvalue weighted by Crippen LogP contribution is 2.20. The first-order valence-electron chi connectivity index (χ1n) is 21.6. The highest BCUT2D eigenvalue weighted by molar-refractivity contribution is 8.93. The molecule has 0 aliphatic rings. The van der Waals surface area contributed by atoms with E-state index < -0.39 is 0 Å². The third-order valence-electron chi connectivity index (χ3n) is 9.97. The van der Waals surface area contributed by atoms with Crippen LogP contribution >= 0.6 is 17.0 Å². The fourth-order valence-corrected chi connectivity index (χ4v) is 6.49. The monoisotopic (exact) mass is 757 g/mol. The van der Waals surface area contributed by atoms with Crippen molar-refractivity contribution in [3.8, 4) is 0 Å². The molecule has 0 amide bonds. The number of hydrogen-bond acceptors (Lipinski definition) is 4. The first kappa shape index (κ1) is 50.9. The molecule has 0 atom stereocenters. The minimum atomic E-state index is -0.217. The molecule has 0 rings (SSSR count). The lowest BCUT2D eigenvalue weighted by Gasteiger charge is -2.29. The van der Waals surface area contributed by atoms with Gasteiger partial charge in [-0.25, -0.2) is 0 Å². The van der Waals surface area contributed by atoms with Gasteiger partial charge in [-0.2, -0.15) is 0 Å². The van der Waals surface area contributed by atoms with Gasteiger partial charge in [0.25, 0.3) is 0 Å². The molecule has 0 saturated carbocycles. The van der Waals surface area contributed by atoms with E-state index in [1.54, 1.807) is 0 Å². The summed E-state index contributed by atoms with van der Waals surface area (Å²) in [6.45, 7) is 8.50. The third kappa shape index (κ3) is 42.1. The molecule has 0 aromatic carbocycles. The van der Waals surface area contributed by atoms with Crippen molar-refractivity contribution in [1.29, 1.82) is 0 Å². The summed E-state index contributed by atoms with van der Waals surface area (Å²) in [5.41, 5.74) is 12.4. The zero-order chi connectivity index (χ0) is 34.9. The van der Waals surface area contributed by atoms with Crippen molar-refractivity contribution in [3.63, 3.8) is 0 Å². The SMILES string of the molecule is Br.CCCCCCCC/C=C\CCCCCCCCOCCC(N)(CCCN)CCOCCCCCCCC/C=C\CCCCCCCC. The van der Waals surface area contributed by atoms with Gasteiger partial charge in [0.1, 0.15) is 0 Å². The van der Waals surface area contributed by atoms with Gasteiger partial charge >= 0.3 is 0 Å². The average molecular weight is 758 g/mol. The molecule has 0 spiro atoms. The minimum Gasteiger partial charge on any atom is -0.381 e. The summed E-state index contributed by atoms with van der Waals surface area (Å²) in [7, 11) is 0. The van der Waals surface area contributed by atoms with E-state index in [2.05, 4.69) is 38.2 Å². The zero-order valence-electron chi connectivity index (χ0n) is 33.4. The van der Waals surface area contributed by atoms with Gasteiger partial charge in [-0.15, -0.1) is 17.0 Å². The molecule has 0 unspecified atom stereocenters. The normalized spacial score (nSPS) is 12.1. The highest BCUT2D eigenvalue weighted by Gasteiger charge is 2.24. The fourth-order valence-electron chi connectivity index (χ4n) is 6.49. The number of ether oxygens (including phenoxy) is 2. The molecule has 0 aliphatic carbocycles. The van der Waals surface area contributed by atoms with Crippen molar-refractivity contribution in [3.05, 3.63) is 24.3 Å². The van der Waals surface area contributed by atoms with E-state index in [4.69, 9.17) is 20.9 Å². The summed E-state index contributed by atoms with van der Waals surface area (Å²) in [4.78, 5) is 0. The Bertz CT molecular complexity index is 609. The van der Waals surface area contributed by atoms with Crippen LogP contribution in [0.1, 0.15) is 219 Å². The summed E-state index contributed by atoms with van der Waals surface area (Å²) < 4.78 is 12.0. The van der Waals surface area contributed by atoms with Crippen LogP contribution in [0.25, 0.3) is 0 Å². The topological polar surface area (TPSA) is 70.5 Å². The predicted octanol–water partition coefficient (Wildman–Crippen LogP) is 13.9. The van der Waals surface area contributed by atoms with Crippen molar-refractivity contribution >= 4 is 17.0 Å². The summed E-state index contributed by atoms with van der Waals surface area (Å²) in [6.07, 6.45) is 50.8. The Morgan fingerprint density at radius 1 is 0.388 bits per heavy atom. The van der Waals surface area contributed by atoms with E-state index in [0.717, 1.165) is 65.0 Å². The van der Waals surface area contributed by atoms with Crippen LogP contribution in [-0.4, -0.2) is 38.5 Å². The summed E-state index contributed by atoms with van der Waals surface area (Å²) in [5.74, 6) is 0. The van der Waals surface area contributed by atoms with E-state index in [0.29, 0.717) is 6.54 Å². The number of nitrogens with two attached hydrogens (primary N) is 2. The lowest BCUT2D eigenvalue weighted by Crippen LogP contribution is -2.42. The van der Waals surface area contributed by atoms with Crippen LogP contribution < -0.4 is 11.5 Å². The van der Waals surface area contributed by atoms with Crippen molar-refractivity contribution in [1.82, 2.24) is 0 Å². The summed E-state index contributed by atoms with van der Waals surface area (Å²) in [6, 6.07) is 0. The van der Waals surface area contributed by atoms with Crippen LogP contribution in [0.5, 0.6) is 0 Å². The maximum atomic E-state index is 6.81. The quantitative estimate of drug-likeness (QED) is 0.0481. The molecular weight excluding hydrogens is 668 g/mol. The Morgan fingerprint density at radius 3 is 1.02 bits per heavy atom. The number of unbranched alkanes of at least 4 members (excludes halogenated alkanes) is 24. The number of hydrogen-bond donors (Lipinski definition) is 2. The van der Waals surface area contributed by atoms with Gasteiger partial charge in [-0.3, -0.25) is 0 Å². The van der Waals surface area contributed by atoms with Gasteiger partial charge in [0, 0.05) is 32.0 Å². The van der Waals surface area contributed by atoms with E-state index in [1.165, 1.54) is 167 Å². The smallest absolute Gasteiger partial charge is 0.0483 e. The zero-order valence-corrected chi connectivity index (χ0v) is 35.1. The Labute approximate surface area is 318 Å². The largest absolute Gasteiger partial charge is 0.381 e. The van der Waals surface area contributed by atoms with E-state index in [1.807, 2.05) is 0 Å². The van der Waals surface area contributed by atoms with Crippen LogP contribution in [0.4, 0.5) is 0 Å². The first-order chi connectivity index (χ1) is 23.7. The van der Waals surface area contributed by atoms with Crippen molar-refractivity contribution in [2.24, 2.45) is 11.5 Å². The lowest BCUT2D eigenvalue weighted by atomic mass is 9.88. The molecule has 0 aromatic rings. The molecule has 49 heavy (non-hydrogen) atoms. The maximum absolute atomic E-state index is 6.81. The average Bonchev–Trinajstić information content (AvgIpc) is 3.09. The van der Waals surface area contributed by atoms with Crippen LogP contribution in [0.15, 0.2) is 24.3 Å². The second kappa shape index (κ2) is 44.0. The highest BCUT2D eigenvalue weighted by atomic mass is 79.9. The second-order valence-corrected chi connectivity index (χ2v) is 14.9. The Balaban J connectivity index is 0. The van der Waals surface area contributed by atoms with E-state index in [9.17, 15) is 0 Å². The van der Waals surface area contributed by atoms with E-state index >= 15 is 0 Å². The van der Waals surface area contributed by atoms with Gasteiger partial charge in [-0.1, -0.05) is 154 Å². The van der Waals surface area contributed by atoms with Gasteiger partial charge < -0.3 is 20.9 Å². The summed E-state index contributed by atoms with van der Waals surface area (Å²) in [5, 5.41) is 0. The summed E-state index contributed by atoms with van der Waals surface area (Å²) >= 11 is 0. The molecule has 0 bridgehead atoms. The molecule has 0 aliphatic heterocycles. The van der Waals surface area contributed by atoms with Crippen LogP contribution in [0, 0.1) is 0 Å². The predicted molar refractivity (Wildman–Crippen MR) is 225 cm³/mol. The van der Waals surface area contributed by atoms with Crippen molar-refractivity contribution in [2.75, 3.05) is 33.0 Å². The number of allylic oxidation sites excluding steroid dienone is 4. The maximum Gasteiger partial charge on any atom is 0.0483 e. The van der Waals surface area contributed by atoms with Gasteiger partial charge in [0.15, 0.2) is 0 Å². The molecule has 0 fully saturated rings. The number of rotatable bonds is 41. The second-order valence-electron chi connectivity index (χ2n) is 14.9. The molecule has 0 aromatic heterocycles. The van der Waals surface area contributed by atoms with Gasteiger partial charge in [0.05, 0.1) is 0 Å². The van der Waals surface area contributed by atoms with Gasteiger partial charge in [0.2, 0.25) is 0 Å². The van der Waals surface area contributed by atoms with Crippen molar-refractivity contribution in [2.45, 2.75) is 225 Å². The van der Waals surface area contributed by atoms with Gasteiger partial charge in [-0.05, 0) is 96.4 Å². The Morgan fingerprint density at radius 2 is 0.694 bits per heavy atom. The standard InChI is InChI=1S/C44H88N2O2.BrH/c1-3-5-7-9-11-13-15-17-19-21-23-25-27-29-31-33-40-47-42-37-44(46,36-35-39-45)38-43-48-41-34-32-30-28-26-24-22-20-18-16-14-12-10-8-6-4-2;/h17-20H,3-16,21-43,45-46H2,1-2H3;1H/b19-17-,20-18-;. The van der Waals surface area contributed by atoms with E-state index in [-0.39, 0.29) is 22.5 Å². The molecule has 4 N–H and O–H groups in total. The molecule has 4 nitrogen and oxygen atoms in total. The molecule has 0 saturated heterocycles. The third-order valence-corrected chi connectivity index (χ3v) is 9.97. The van der Waals surface area contributed by atoms with Crippen LogP contribution in [0.2, 0.25) is 0 Å². The molecule has 0 heterocycles. The van der Waals surface area contributed by atoms with Crippen LogP contribution in [-0.2, 0) is 9.47 Å². The Kier molecular flexibility index (Phi) is 45.7. The lowest BCUT2D eigenvalue weighted by molar-refractivity contribution is 0.0813.